The van der Waals surface area contributed by atoms with Crippen molar-refractivity contribution < 1.29 is 4.79 Å². The maximum absolute atomic E-state index is 12.3. The Morgan fingerprint density at radius 2 is 1.85 bits per heavy atom. The molecule has 2 saturated carbocycles. The molecule has 0 unspecified atom stereocenters. The number of H-pyrrole nitrogens is 1. The Labute approximate surface area is 150 Å². The van der Waals surface area contributed by atoms with Gasteiger partial charge in [0.25, 0.3) is 17.0 Å². The van der Waals surface area contributed by atoms with Crippen molar-refractivity contribution in [2.75, 3.05) is 0 Å². The summed E-state index contributed by atoms with van der Waals surface area (Å²) < 4.78 is 1.63. The molecule has 0 aromatic carbocycles. The monoisotopic (exact) mass is 354 g/mol. The average molecular weight is 354 g/mol. The van der Waals surface area contributed by atoms with E-state index in [-0.39, 0.29) is 34.7 Å². The molecule has 0 atom stereocenters. The summed E-state index contributed by atoms with van der Waals surface area (Å²) in [5.74, 6) is 0.169. The number of hydrogen-bond acceptors (Lipinski definition) is 4. The van der Waals surface area contributed by atoms with Crippen LogP contribution in [0.15, 0.2) is 40.1 Å². The van der Waals surface area contributed by atoms with Gasteiger partial charge >= 0.3 is 0 Å². The molecule has 2 N–H and O–H groups in total. The minimum absolute atomic E-state index is 0.0145. The summed E-state index contributed by atoms with van der Waals surface area (Å²) in [6.45, 7) is 0. The third-order valence-corrected chi connectivity index (χ3v) is 5.28. The van der Waals surface area contributed by atoms with E-state index in [4.69, 9.17) is 0 Å². The highest BCUT2D eigenvalue weighted by atomic mass is 16.2. The molecule has 1 amide bonds. The van der Waals surface area contributed by atoms with E-state index in [1.54, 1.807) is 16.8 Å². The van der Waals surface area contributed by atoms with Gasteiger partial charge in [-0.1, -0.05) is 0 Å². The molecule has 0 radical (unpaired) electrons. The van der Waals surface area contributed by atoms with Gasteiger partial charge in [-0.3, -0.25) is 14.4 Å². The molecule has 0 saturated heterocycles. The fourth-order valence-corrected chi connectivity index (χ4v) is 3.63. The van der Waals surface area contributed by atoms with Crippen LogP contribution >= 0.6 is 0 Å². The van der Waals surface area contributed by atoms with E-state index in [1.807, 2.05) is 6.07 Å². The smallest absolute Gasteiger partial charge is 0.267 e. The lowest BCUT2D eigenvalue weighted by atomic mass is 9.91. The summed E-state index contributed by atoms with van der Waals surface area (Å²) in [7, 11) is 0. The van der Waals surface area contributed by atoms with Gasteiger partial charge < -0.3 is 10.3 Å². The van der Waals surface area contributed by atoms with E-state index in [2.05, 4.69) is 15.4 Å². The van der Waals surface area contributed by atoms with Crippen LogP contribution in [-0.4, -0.2) is 26.7 Å². The molecule has 7 nitrogen and oxygen atoms in total. The molecule has 7 heteroatoms. The molecule has 2 aliphatic rings. The summed E-state index contributed by atoms with van der Waals surface area (Å²) in [6, 6.07) is 6.72. The second kappa shape index (κ2) is 6.90. The number of carbonyl (C=O) groups excluding carboxylic acids is 1. The van der Waals surface area contributed by atoms with E-state index in [1.165, 1.54) is 12.3 Å². The van der Waals surface area contributed by atoms with Crippen LogP contribution in [0.5, 0.6) is 0 Å². The molecule has 26 heavy (non-hydrogen) atoms. The minimum atomic E-state index is -0.383. The zero-order valence-electron chi connectivity index (χ0n) is 14.5. The van der Waals surface area contributed by atoms with Crippen molar-refractivity contribution in [3.63, 3.8) is 0 Å². The molecule has 0 aliphatic heterocycles. The number of aromatic amines is 1. The van der Waals surface area contributed by atoms with Crippen LogP contribution < -0.4 is 16.4 Å². The quantitative estimate of drug-likeness (QED) is 0.874. The highest BCUT2D eigenvalue weighted by Gasteiger charge is 2.28. The predicted molar refractivity (Wildman–Crippen MR) is 96.3 cm³/mol. The van der Waals surface area contributed by atoms with E-state index < -0.39 is 0 Å². The first-order chi connectivity index (χ1) is 12.6. The van der Waals surface area contributed by atoms with Crippen molar-refractivity contribution in [1.29, 1.82) is 0 Å². The molecule has 2 aromatic rings. The van der Waals surface area contributed by atoms with Gasteiger partial charge in [0, 0.05) is 24.2 Å². The second-order valence-corrected chi connectivity index (χ2v) is 7.21. The first-order valence-corrected chi connectivity index (χ1v) is 9.20. The van der Waals surface area contributed by atoms with E-state index in [0.717, 1.165) is 44.2 Å². The molecule has 2 heterocycles. The first kappa shape index (κ1) is 16.8. The maximum atomic E-state index is 12.3. The normalized spacial score (nSPS) is 22.8. The molecular formula is C19H22N4O3. The maximum Gasteiger partial charge on any atom is 0.267 e. The van der Waals surface area contributed by atoms with Crippen LogP contribution in [0.25, 0.3) is 0 Å². The molecule has 0 bridgehead atoms. The Kier molecular flexibility index (Phi) is 4.44. The van der Waals surface area contributed by atoms with Crippen LogP contribution in [0.1, 0.15) is 66.5 Å². The summed E-state index contributed by atoms with van der Waals surface area (Å²) in [5.41, 5.74) is 0.706. The molecule has 0 spiro atoms. The summed E-state index contributed by atoms with van der Waals surface area (Å²) in [4.78, 5) is 38.7. The van der Waals surface area contributed by atoms with Crippen molar-refractivity contribution >= 4 is 5.91 Å². The fraction of sp³-hybridized carbons (Fsp3) is 0.474. The van der Waals surface area contributed by atoms with Crippen LogP contribution in [0, 0.1) is 0 Å². The van der Waals surface area contributed by atoms with Crippen molar-refractivity contribution in [2.24, 2.45) is 0 Å². The third kappa shape index (κ3) is 3.47. The predicted octanol–water partition coefficient (Wildman–Crippen LogP) is 1.72. The molecule has 2 aromatic heterocycles. The number of hydrogen-bond donors (Lipinski definition) is 2. The fourth-order valence-electron chi connectivity index (χ4n) is 3.63. The number of rotatable bonds is 4. The lowest BCUT2D eigenvalue weighted by Gasteiger charge is -2.29. The van der Waals surface area contributed by atoms with Crippen molar-refractivity contribution in [2.45, 2.75) is 56.5 Å². The van der Waals surface area contributed by atoms with Crippen molar-refractivity contribution in [3.8, 4) is 0 Å². The van der Waals surface area contributed by atoms with Gasteiger partial charge in [0.2, 0.25) is 0 Å². The van der Waals surface area contributed by atoms with Crippen LogP contribution in [0.4, 0.5) is 0 Å². The molecule has 2 aliphatic carbocycles. The Hall–Kier alpha value is -2.70. The van der Waals surface area contributed by atoms with E-state index >= 15 is 0 Å². The minimum Gasteiger partial charge on any atom is -0.349 e. The van der Waals surface area contributed by atoms with Crippen LogP contribution in [0.3, 0.4) is 0 Å². The standard InChI is InChI=1S/C19H22N4O3/c24-17-10-9-16(12-3-4-12)22-23(17)14-7-5-13(6-8-14)21-19(26)15-2-1-11-20-18(15)25/h1-2,9-14H,3-8H2,(H,20,25)(H,21,26). The zero-order chi connectivity index (χ0) is 18.1. The van der Waals surface area contributed by atoms with Gasteiger partial charge in [-0.15, -0.1) is 0 Å². The third-order valence-electron chi connectivity index (χ3n) is 5.28. The Bertz CT molecular complexity index is 921. The number of nitrogens with zero attached hydrogens (tertiary/aromatic N) is 2. The lowest BCUT2D eigenvalue weighted by molar-refractivity contribution is 0.0919. The van der Waals surface area contributed by atoms with E-state index in [0.29, 0.717) is 5.92 Å². The number of aromatic nitrogens is 3. The van der Waals surface area contributed by atoms with Crippen molar-refractivity contribution in [1.82, 2.24) is 20.1 Å². The molecular weight excluding hydrogens is 332 g/mol. The van der Waals surface area contributed by atoms with Gasteiger partial charge in [0.1, 0.15) is 5.56 Å². The summed E-state index contributed by atoms with van der Waals surface area (Å²) in [6.07, 6.45) is 6.93. The lowest BCUT2D eigenvalue weighted by Crippen LogP contribution is -2.41. The Morgan fingerprint density at radius 3 is 2.54 bits per heavy atom. The number of amides is 1. The topological polar surface area (TPSA) is 96.8 Å². The largest absolute Gasteiger partial charge is 0.349 e. The molecule has 2 fully saturated rings. The Balaban J connectivity index is 1.39. The van der Waals surface area contributed by atoms with Crippen molar-refractivity contribution in [3.05, 3.63) is 62.4 Å². The van der Waals surface area contributed by atoms with Crippen LogP contribution in [-0.2, 0) is 0 Å². The highest BCUT2D eigenvalue weighted by molar-refractivity contribution is 5.93. The second-order valence-electron chi connectivity index (χ2n) is 7.21. The first-order valence-electron chi connectivity index (χ1n) is 9.20. The molecule has 4 rings (SSSR count). The summed E-state index contributed by atoms with van der Waals surface area (Å²) >= 11 is 0. The van der Waals surface area contributed by atoms with Gasteiger partial charge in [-0.25, -0.2) is 4.68 Å². The average Bonchev–Trinajstić information content (AvgIpc) is 3.48. The number of nitrogens with one attached hydrogen (secondary N) is 2. The van der Waals surface area contributed by atoms with Crippen LogP contribution in [0.2, 0.25) is 0 Å². The number of pyridine rings is 1. The summed E-state index contributed by atoms with van der Waals surface area (Å²) in [5, 5.41) is 7.51. The zero-order valence-corrected chi connectivity index (χ0v) is 14.5. The highest BCUT2D eigenvalue weighted by Crippen LogP contribution is 2.38. The van der Waals surface area contributed by atoms with Gasteiger partial charge in [0.15, 0.2) is 0 Å². The van der Waals surface area contributed by atoms with Gasteiger partial charge in [-0.2, -0.15) is 5.10 Å². The Morgan fingerprint density at radius 1 is 1.08 bits per heavy atom. The SMILES string of the molecule is O=C(NC1CCC(n2nc(C3CC3)ccc2=O)CC1)c1ccc[nH]c1=O. The van der Waals surface area contributed by atoms with Gasteiger partial charge in [-0.05, 0) is 56.7 Å². The molecule has 136 valence electrons. The number of carbonyl (C=O) groups is 1. The van der Waals surface area contributed by atoms with E-state index in [9.17, 15) is 14.4 Å². The van der Waals surface area contributed by atoms with Gasteiger partial charge in [0.05, 0.1) is 11.7 Å².